The zero-order chi connectivity index (χ0) is 12.7. The van der Waals surface area contributed by atoms with E-state index < -0.39 is 11.2 Å². The maximum atomic E-state index is 11.7. The Kier molecular flexibility index (Phi) is 2.16. The van der Waals surface area contributed by atoms with Gasteiger partial charge in [-0.3, -0.25) is 14.8 Å². The molecule has 2 N–H and O–H groups in total. The van der Waals surface area contributed by atoms with Gasteiger partial charge < -0.3 is 4.74 Å². The molecule has 0 aliphatic rings. The maximum absolute atomic E-state index is 11.7. The molecule has 18 heavy (non-hydrogen) atoms. The Morgan fingerprint density at radius 3 is 2.78 bits per heavy atom. The Morgan fingerprint density at radius 2 is 2.00 bits per heavy atom. The predicted molar refractivity (Wildman–Crippen MR) is 67.0 cm³/mol. The molecule has 3 aromatic rings. The number of aromatic nitrogens is 3. The summed E-state index contributed by atoms with van der Waals surface area (Å²) in [5, 5.41) is 1.12. The van der Waals surface area contributed by atoms with Gasteiger partial charge in [0.1, 0.15) is 11.4 Å². The summed E-state index contributed by atoms with van der Waals surface area (Å²) in [6, 6.07) is 7.00. The lowest BCUT2D eigenvalue weighted by atomic mass is 10.2. The van der Waals surface area contributed by atoms with E-state index in [2.05, 4.69) is 15.0 Å². The van der Waals surface area contributed by atoms with Crippen LogP contribution in [0.15, 0.2) is 33.9 Å². The van der Waals surface area contributed by atoms with Gasteiger partial charge >= 0.3 is 5.69 Å². The van der Waals surface area contributed by atoms with Gasteiger partial charge in [0, 0.05) is 5.39 Å². The summed E-state index contributed by atoms with van der Waals surface area (Å²) < 4.78 is 5.11. The van der Waals surface area contributed by atoms with Gasteiger partial charge in [0.05, 0.1) is 18.0 Å². The van der Waals surface area contributed by atoms with Gasteiger partial charge in [-0.1, -0.05) is 0 Å². The zero-order valence-electron chi connectivity index (χ0n) is 9.48. The summed E-state index contributed by atoms with van der Waals surface area (Å²) in [5.74, 6) is 0.685. The minimum absolute atomic E-state index is 0.279. The molecule has 0 aliphatic heterocycles. The lowest BCUT2D eigenvalue weighted by Crippen LogP contribution is -2.22. The Hall–Kier alpha value is -2.63. The molecule has 0 unspecified atom stereocenters. The first kappa shape index (κ1) is 10.5. The molecular formula is C12H9N3O3. The predicted octanol–water partition coefficient (Wildman–Crippen LogP) is 0.773. The van der Waals surface area contributed by atoms with Crippen LogP contribution in [0.1, 0.15) is 0 Å². The number of ether oxygens (including phenoxy) is 1. The van der Waals surface area contributed by atoms with Crippen molar-refractivity contribution in [3.05, 3.63) is 45.1 Å². The lowest BCUT2D eigenvalue weighted by Gasteiger charge is -2.03. The molecule has 0 atom stereocenters. The fourth-order valence-corrected chi connectivity index (χ4v) is 1.86. The molecule has 6 heteroatoms. The lowest BCUT2D eigenvalue weighted by molar-refractivity contribution is 0.415. The molecular weight excluding hydrogens is 234 g/mol. The van der Waals surface area contributed by atoms with E-state index in [9.17, 15) is 9.59 Å². The SMILES string of the molecule is COc1ccc2nc3[nH]c(=O)[nH]c(=O)c3cc2c1. The van der Waals surface area contributed by atoms with Crippen molar-refractivity contribution >= 4 is 21.9 Å². The van der Waals surface area contributed by atoms with Crippen LogP contribution in [0.2, 0.25) is 0 Å². The third-order valence-electron chi connectivity index (χ3n) is 2.73. The van der Waals surface area contributed by atoms with Crippen LogP contribution in [0.5, 0.6) is 5.75 Å². The van der Waals surface area contributed by atoms with E-state index in [1.807, 2.05) is 0 Å². The second-order valence-electron chi connectivity index (χ2n) is 3.85. The van der Waals surface area contributed by atoms with Gasteiger partial charge in [-0.05, 0) is 24.3 Å². The average Bonchev–Trinajstić information content (AvgIpc) is 2.36. The Labute approximate surface area is 100 Å². The third-order valence-corrected chi connectivity index (χ3v) is 2.73. The van der Waals surface area contributed by atoms with Crippen molar-refractivity contribution in [2.45, 2.75) is 0 Å². The maximum Gasteiger partial charge on any atom is 0.327 e. The van der Waals surface area contributed by atoms with Crippen molar-refractivity contribution in [3.8, 4) is 5.75 Å². The highest BCUT2D eigenvalue weighted by Crippen LogP contribution is 2.20. The number of benzene rings is 1. The number of rotatable bonds is 1. The highest BCUT2D eigenvalue weighted by Gasteiger charge is 2.05. The van der Waals surface area contributed by atoms with E-state index in [-0.39, 0.29) is 5.65 Å². The largest absolute Gasteiger partial charge is 0.497 e. The number of fused-ring (bicyclic) bond motifs is 2. The number of methoxy groups -OCH3 is 1. The number of nitrogens with one attached hydrogen (secondary N) is 2. The van der Waals surface area contributed by atoms with Crippen molar-refractivity contribution < 1.29 is 4.74 Å². The molecule has 0 amide bonds. The van der Waals surface area contributed by atoms with Crippen LogP contribution < -0.4 is 16.0 Å². The number of pyridine rings is 1. The van der Waals surface area contributed by atoms with Gasteiger partial charge in [0.2, 0.25) is 0 Å². The van der Waals surface area contributed by atoms with Gasteiger partial charge in [-0.25, -0.2) is 9.78 Å². The Bertz CT molecular complexity index is 864. The molecule has 0 aliphatic carbocycles. The van der Waals surface area contributed by atoms with Crippen LogP contribution in [0.25, 0.3) is 21.9 Å². The van der Waals surface area contributed by atoms with Crippen molar-refractivity contribution in [1.29, 1.82) is 0 Å². The zero-order valence-corrected chi connectivity index (χ0v) is 9.48. The molecule has 2 heterocycles. The van der Waals surface area contributed by atoms with Crippen molar-refractivity contribution in [3.63, 3.8) is 0 Å². The van der Waals surface area contributed by atoms with Gasteiger partial charge in [-0.2, -0.15) is 0 Å². The molecule has 2 aromatic heterocycles. The van der Waals surface area contributed by atoms with Crippen LogP contribution >= 0.6 is 0 Å². The molecule has 6 nitrogen and oxygen atoms in total. The first-order valence-corrected chi connectivity index (χ1v) is 5.28. The van der Waals surface area contributed by atoms with Crippen molar-refractivity contribution in [2.75, 3.05) is 7.11 Å². The van der Waals surface area contributed by atoms with Crippen LogP contribution in [-0.4, -0.2) is 22.1 Å². The minimum Gasteiger partial charge on any atom is -0.497 e. The van der Waals surface area contributed by atoms with Gasteiger partial charge in [0.25, 0.3) is 5.56 Å². The molecule has 0 saturated heterocycles. The molecule has 1 aromatic carbocycles. The number of nitrogens with zero attached hydrogens (tertiary/aromatic N) is 1. The summed E-state index contributed by atoms with van der Waals surface area (Å²) in [6.45, 7) is 0. The van der Waals surface area contributed by atoms with Crippen molar-refractivity contribution in [1.82, 2.24) is 15.0 Å². The van der Waals surface area contributed by atoms with E-state index in [1.54, 1.807) is 31.4 Å². The van der Waals surface area contributed by atoms with E-state index >= 15 is 0 Å². The van der Waals surface area contributed by atoms with E-state index in [0.29, 0.717) is 16.7 Å². The van der Waals surface area contributed by atoms with E-state index in [1.165, 1.54) is 0 Å². The first-order valence-electron chi connectivity index (χ1n) is 5.28. The summed E-state index contributed by atoms with van der Waals surface area (Å²) in [6.07, 6.45) is 0. The minimum atomic E-state index is -0.562. The molecule has 0 radical (unpaired) electrons. The average molecular weight is 243 g/mol. The Balaban J connectivity index is 2.47. The standard InChI is InChI=1S/C12H9N3O3/c1-18-7-2-3-9-6(4-7)5-8-10(13-9)14-12(17)15-11(8)16/h2-5H,1H3,(H2,13,14,15,16,17). The number of hydrogen-bond donors (Lipinski definition) is 2. The molecule has 0 bridgehead atoms. The molecule has 0 spiro atoms. The number of hydrogen-bond acceptors (Lipinski definition) is 4. The quantitative estimate of drug-likeness (QED) is 0.618. The molecule has 0 saturated carbocycles. The second-order valence-corrected chi connectivity index (χ2v) is 3.85. The third kappa shape index (κ3) is 1.55. The second kappa shape index (κ2) is 3.69. The summed E-state index contributed by atoms with van der Waals surface area (Å²) in [4.78, 5) is 31.7. The van der Waals surface area contributed by atoms with Gasteiger partial charge in [-0.15, -0.1) is 0 Å². The summed E-state index contributed by atoms with van der Waals surface area (Å²) in [5.41, 5.74) is -0.0511. The van der Waals surface area contributed by atoms with E-state index in [0.717, 1.165) is 5.39 Å². The topological polar surface area (TPSA) is 87.8 Å². The van der Waals surface area contributed by atoms with Crippen molar-refractivity contribution in [2.24, 2.45) is 0 Å². The number of aromatic amines is 2. The van der Waals surface area contributed by atoms with Crippen LogP contribution in [0.4, 0.5) is 0 Å². The smallest absolute Gasteiger partial charge is 0.327 e. The van der Waals surface area contributed by atoms with Crippen LogP contribution in [-0.2, 0) is 0 Å². The first-order chi connectivity index (χ1) is 8.67. The summed E-state index contributed by atoms with van der Waals surface area (Å²) >= 11 is 0. The van der Waals surface area contributed by atoms with Crippen LogP contribution in [0, 0.1) is 0 Å². The fraction of sp³-hybridized carbons (Fsp3) is 0.0833. The fourth-order valence-electron chi connectivity index (χ4n) is 1.86. The molecule has 90 valence electrons. The summed E-state index contributed by atoms with van der Waals surface area (Å²) in [7, 11) is 1.57. The van der Waals surface area contributed by atoms with E-state index in [4.69, 9.17) is 4.74 Å². The normalized spacial score (nSPS) is 10.9. The molecule has 0 fully saturated rings. The van der Waals surface area contributed by atoms with Gasteiger partial charge in [0.15, 0.2) is 0 Å². The monoisotopic (exact) mass is 243 g/mol. The highest BCUT2D eigenvalue weighted by atomic mass is 16.5. The molecule has 3 rings (SSSR count). The Morgan fingerprint density at radius 1 is 1.17 bits per heavy atom. The van der Waals surface area contributed by atoms with Crippen LogP contribution in [0.3, 0.4) is 0 Å². The highest BCUT2D eigenvalue weighted by molar-refractivity contribution is 5.91. The number of H-pyrrole nitrogens is 2.